The third-order valence-electron chi connectivity index (χ3n) is 16.2. The van der Waals surface area contributed by atoms with Crippen molar-refractivity contribution in [2.24, 2.45) is 0 Å². The molecule has 3 aliphatic rings. The Kier molecular flexibility index (Phi) is 28.0. The number of hydrogen-bond acceptors (Lipinski definition) is 9. The zero-order valence-electron chi connectivity index (χ0n) is 47.7. The Hall–Kier alpha value is -2.30. The topological polar surface area (TPSA) is 122 Å². The van der Waals surface area contributed by atoms with Crippen LogP contribution in [0.25, 0.3) is 0 Å². The van der Waals surface area contributed by atoms with Crippen LogP contribution in [0.1, 0.15) is 224 Å². The summed E-state index contributed by atoms with van der Waals surface area (Å²) in [4.78, 5) is 42.0. The van der Waals surface area contributed by atoms with Crippen molar-refractivity contribution >= 4 is 34.6 Å². The van der Waals surface area contributed by atoms with Gasteiger partial charge in [-0.25, -0.2) is 9.59 Å². The molecule has 0 radical (unpaired) electrons. The van der Waals surface area contributed by atoms with Crippen LogP contribution < -0.4 is 5.32 Å². The molecular formula is C58H106N2O9Si2. The van der Waals surface area contributed by atoms with Crippen molar-refractivity contribution < 1.29 is 42.2 Å². The molecule has 410 valence electrons. The van der Waals surface area contributed by atoms with E-state index in [2.05, 4.69) is 113 Å². The second-order valence-electron chi connectivity index (χ2n) is 23.7. The van der Waals surface area contributed by atoms with Crippen LogP contribution in [0.5, 0.6) is 0 Å². The Morgan fingerprint density at radius 1 is 0.817 bits per heavy atom. The maximum absolute atomic E-state index is 14.3. The van der Waals surface area contributed by atoms with Gasteiger partial charge in [0.05, 0.1) is 37.5 Å². The van der Waals surface area contributed by atoms with E-state index < -0.39 is 22.4 Å². The second-order valence-corrected chi connectivity index (χ2v) is 33.8. The standard InChI is InChI=1S/C58H106N2O9Si2/c1-15-40-64-53(61)36-28-26-24-22-20-18-17-19-21-23-25-27-31-41-65-55(62)54-51(35-32-33-48(9)68-70(13,14)57(10,11)12)59-56(63)60-49(37-38-52(54)60)44-58(66-42-43-67-58)39-30-29-34-50(16-2)69-71(45(3)4,46(5)6)47(7)8/h15,29,34,45-50,52H,1,16-28,30-33,35-44H2,2-14H3,(H,59,63)/t48-,49+,50+,52-/m1/s1. The Morgan fingerprint density at radius 3 is 1.92 bits per heavy atom. The molecule has 0 spiro atoms. The highest BCUT2D eigenvalue weighted by Crippen LogP contribution is 2.45. The summed E-state index contributed by atoms with van der Waals surface area (Å²) < 4.78 is 37.8. The maximum Gasteiger partial charge on any atom is 0.337 e. The average molecular weight is 1030 g/mol. The molecule has 3 rings (SSSR count). The van der Waals surface area contributed by atoms with E-state index in [-0.39, 0.29) is 47.3 Å². The molecule has 4 atom stereocenters. The lowest BCUT2D eigenvalue weighted by molar-refractivity contribution is -0.173. The van der Waals surface area contributed by atoms with E-state index in [1.54, 1.807) is 6.08 Å². The maximum atomic E-state index is 14.3. The number of rotatable bonds is 37. The summed E-state index contributed by atoms with van der Waals surface area (Å²) in [6.45, 7) is 35.1. The molecule has 0 aromatic carbocycles. The van der Waals surface area contributed by atoms with E-state index in [0.29, 0.717) is 86.4 Å². The SMILES string of the molecule is C=CCOC(=O)CCCCCCCCCCCCCCCOC(=O)C1=C(CCC[C@@H](C)O[Si](C)(C)C(C)(C)C)NC(=O)N2[C@H](CC3(CCC=C[C@H](CC)O[Si](C(C)C)(C(C)C)C(C)C)OCCO3)CC[C@H]12. The molecule has 0 bridgehead atoms. The molecule has 0 saturated carbocycles. The van der Waals surface area contributed by atoms with Crippen LogP contribution in [0.3, 0.4) is 0 Å². The lowest BCUT2D eigenvalue weighted by atomic mass is 9.97. The summed E-state index contributed by atoms with van der Waals surface area (Å²) in [6, 6.07) is -0.625. The molecule has 0 unspecified atom stereocenters. The zero-order chi connectivity index (χ0) is 52.7. The Bertz CT molecular complexity index is 1630. The van der Waals surface area contributed by atoms with E-state index in [9.17, 15) is 14.4 Å². The highest BCUT2D eigenvalue weighted by Gasteiger charge is 2.50. The molecule has 1 N–H and O–H groups in total. The number of hydrogen-bond donors (Lipinski definition) is 1. The van der Waals surface area contributed by atoms with Crippen molar-refractivity contribution in [1.82, 2.24) is 10.2 Å². The Morgan fingerprint density at radius 2 is 1.38 bits per heavy atom. The third kappa shape index (κ3) is 20.1. The fourth-order valence-corrected chi connectivity index (χ4v) is 18.4. The van der Waals surface area contributed by atoms with Gasteiger partial charge in [-0.05, 0) is 99.5 Å². The quantitative estimate of drug-likeness (QED) is 0.0280. The lowest BCUT2D eigenvalue weighted by Gasteiger charge is -2.44. The Balaban J connectivity index is 1.58. The highest BCUT2D eigenvalue weighted by atomic mass is 28.4. The third-order valence-corrected chi connectivity index (χ3v) is 26.9. The lowest BCUT2D eigenvalue weighted by Crippen LogP contribution is -2.54. The normalized spacial score (nSPS) is 19.5. The molecular weight excluding hydrogens is 925 g/mol. The van der Waals surface area contributed by atoms with Crippen LogP contribution >= 0.6 is 0 Å². The van der Waals surface area contributed by atoms with Crippen molar-refractivity contribution in [3.8, 4) is 0 Å². The van der Waals surface area contributed by atoms with Gasteiger partial charge in [0.15, 0.2) is 14.1 Å². The van der Waals surface area contributed by atoms with Gasteiger partial charge in [-0.15, -0.1) is 0 Å². The molecule has 11 nitrogen and oxygen atoms in total. The summed E-state index contributed by atoms with van der Waals surface area (Å²) in [5.41, 5.74) is 2.90. The fourth-order valence-electron chi connectivity index (χ4n) is 11.4. The van der Waals surface area contributed by atoms with E-state index in [0.717, 1.165) is 64.2 Å². The zero-order valence-corrected chi connectivity index (χ0v) is 49.7. The predicted octanol–water partition coefficient (Wildman–Crippen LogP) is 15.6. The number of amides is 2. The minimum atomic E-state index is -2.03. The summed E-state index contributed by atoms with van der Waals surface area (Å²) in [5.74, 6) is -1.22. The van der Waals surface area contributed by atoms with Crippen molar-refractivity contribution in [3.05, 3.63) is 36.1 Å². The van der Waals surface area contributed by atoms with Gasteiger partial charge in [0.25, 0.3) is 0 Å². The number of esters is 2. The first-order chi connectivity index (χ1) is 33.6. The summed E-state index contributed by atoms with van der Waals surface area (Å²) >= 11 is 0. The number of allylic oxidation sites excluding steroid dienone is 2. The van der Waals surface area contributed by atoms with Crippen LogP contribution in [-0.2, 0) is 37.4 Å². The first-order valence-electron chi connectivity index (χ1n) is 28.7. The first kappa shape index (κ1) is 63.0. The number of nitrogens with zero attached hydrogens (tertiary/aromatic N) is 1. The van der Waals surface area contributed by atoms with E-state index >= 15 is 0 Å². The fraction of sp³-hybridized carbons (Fsp3) is 0.845. The van der Waals surface area contributed by atoms with Crippen LogP contribution in [0.2, 0.25) is 34.8 Å². The molecule has 0 aliphatic carbocycles. The van der Waals surface area contributed by atoms with E-state index in [1.165, 1.54) is 51.4 Å². The number of fused-ring (bicyclic) bond motifs is 1. The number of carbonyl (C=O) groups is 3. The van der Waals surface area contributed by atoms with Crippen LogP contribution in [0.15, 0.2) is 36.1 Å². The minimum Gasteiger partial charge on any atom is -0.462 e. The summed E-state index contributed by atoms with van der Waals surface area (Å²) in [7, 11) is -3.96. The largest absolute Gasteiger partial charge is 0.462 e. The van der Waals surface area contributed by atoms with Gasteiger partial charge in [0.1, 0.15) is 6.61 Å². The number of nitrogens with one attached hydrogen (secondary N) is 1. The molecule has 3 heterocycles. The van der Waals surface area contributed by atoms with Crippen molar-refractivity contribution in [2.45, 2.75) is 289 Å². The smallest absolute Gasteiger partial charge is 0.337 e. The molecule has 13 heteroatoms. The van der Waals surface area contributed by atoms with Crippen molar-refractivity contribution in [1.29, 1.82) is 0 Å². The number of carbonyl (C=O) groups excluding carboxylic acids is 3. The summed E-state index contributed by atoms with van der Waals surface area (Å²) in [5, 5.41) is 3.34. The van der Waals surface area contributed by atoms with Gasteiger partial charge in [-0.3, -0.25) is 4.79 Å². The van der Waals surface area contributed by atoms with Crippen LogP contribution in [0, 0.1) is 0 Å². The van der Waals surface area contributed by atoms with Gasteiger partial charge < -0.3 is 38.0 Å². The predicted molar refractivity (Wildman–Crippen MR) is 296 cm³/mol. The first-order valence-corrected chi connectivity index (χ1v) is 33.8. The van der Waals surface area contributed by atoms with Crippen LogP contribution in [-0.4, -0.2) is 96.0 Å². The molecule has 0 aromatic rings. The van der Waals surface area contributed by atoms with Crippen molar-refractivity contribution in [3.63, 3.8) is 0 Å². The number of unbranched alkanes of at least 4 members (excludes halogenated alkanes) is 12. The van der Waals surface area contributed by atoms with Crippen LogP contribution in [0.4, 0.5) is 4.79 Å². The minimum absolute atomic E-state index is 0.0720. The molecule has 2 amide bonds. The summed E-state index contributed by atoms with van der Waals surface area (Å²) in [6.07, 6.45) is 28.3. The highest BCUT2D eigenvalue weighted by molar-refractivity contribution is 6.77. The number of ether oxygens (including phenoxy) is 4. The van der Waals surface area contributed by atoms with Gasteiger partial charge in [-0.1, -0.05) is 165 Å². The Labute approximate surface area is 436 Å². The second kappa shape index (κ2) is 31.6. The number of urea groups is 1. The molecule has 2 saturated heterocycles. The van der Waals surface area contributed by atoms with Crippen molar-refractivity contribution in [2.75, 3.05) is 26.4 Å². The average Bonchev–Trinajstić information content (AvgIpc) is 3.94. The van der Waals surface area contributed by atoms with Gasteiger partial charge >= 0.3 is 18.0 Å². The molecule has 71 heavy (non-hydrogen) atoms. The van der Waals surface area contributed by atoms with Gasteiger partial charge in [0.2, 0.25) is 8.32 Å². The monoisotopic (exact) mass is 1030 g/mol. The van der Waals surface area contributed by atoms with E-state index in [4.69, 9.17) is 27.8 Å². The van der Waals surface area contributed by atoms with E-state index in [1.807, 2.05) is 4.90 Å². The molecule has 3 aliphatic heterocycles. The molecule has 0 aromatic heterocycles. The van der Waals surface area contributed by atoms with Gasteiger partial charge in [-0.2, -0.15) is 0 Å². The molecule has 2 fully saturated rings. The van der Waals surface area contributed by atoms with Gasteiger partial charge in [0, 0.05) is 37.1 Å².